The Hall–Kier alpha value is -1.22. The Labute approximate surface area is 108 Å². The van der Waals surface area contributed by atoms with Gasteiger partial charge in [-0.1, -0.05) is 6.07 Å². The summed E-state index contributed by atoms with van der Waals surface area (Å²) in [5.74, 6) is 0.636. The highest BCUT2D eigenvalue weighted by Gasteiger charge is 2.36. The Bertz CT molecular complexity index is 458. The third-order valence-electron chi connectivity index (χ3n) is 4.43. The smallest absolute Gasteiger partial charge is 0.146 e. The molecule has 3 unspecified atom stereocenters. The molecule has 0 bridgehead atoms. The van der Waals surface area contributed by atoms with Gasteiger partial charge in [0.1, 0.15) is 5.78 Å². The van der Waals surface area contributed by atoms with E-state index in [0.29, 0.717) is 11.8 Å². The molecule has 3 atom stereocenters. The Morgan fingerprint density at radius 1 is 1.44 bits per heavy atom. The van der Waals surface area contributed by atoms with E-state index >= 15 is 0 Å². The molecule has 0 radical (unpaired) electrons. The third kappa shape index (κ3) is 1.97. The predicted octanol–water partition coefficient (Wildman–Crippen LogP) is 2.07. The van der Waals surface area contributed by atoms with Crippen LogP contribution >= 0.6 is 0 Å². The van der Waals surface area contributed by atoms with Gasteiger partial charge in [-0.25, -0.2) is 0 Å². The summed E-state index contributed by atoms with van der Waals surface area (Å²) in [6.07, 6.45) is 5.97. The van der Waals surface area contributed by atoms with Crippen LogP contribution in [-0.4, -0.2) is 23.4 Å². The zero-order valence-electron chi connectivity index (χ0n) is 10.9. The van der Waals surface area contributed by atoms with Gasteiger partial charge in [0.05, 0.1) is 11.6 Å². The van der Waals surface area contributed by atoms with Crippen molar-refractivity contribution >= 4 is 5.78 Å². The first-order valence-corrected chi connectivity index (χ1v) is 6.98. The highest BCUT2D eigenvalue weighted by molar-refractivity contribution is 5.88. The van der Waals surface area contributed by atoms with Crippen molar-refractivity contribution in [3.63, 3.8) is 0 Å². The van der Waals surface area contributed by atoms with Crippen LogP contribution < -0.4 is 5.32 Å². The lowest BCUT2D eigenvalue weighted by Crippen LogP contribution is -2.33. The van der Waals surface area contributed by atoms with Gasteiger partial charge in [-0.15, -0.1) is 0 Å². The molecule has 0 saturated carbocycles. The number of aryl methyl sites for hydroxylation is 1. The average molecular weight is 244 g/mol. The highest BCUT2D eigenvalue weighted by atomic mass is 16.1. The van der Waals surface area contributed by atoms with Crippen molar-refractivity contribution in [1.29, 1.82) is 0 Å². The van der Waals surface area contributed by atoms with Gasteiger partial charge in [0, 0.05) is 18.2 Å². The zero-order valence-corrected chi connectivity index (χ0v) is 10.9. The number of Topliss-reactive ketones (excluding diaryl/α,β-unsaturated/α-hetero) is 1. The second kappa shape index (κ2) is 4.81. The number of carbonyl (C=O) groups excluding carboxylic acids is 1. The fourth-order valence-corrected chi connectivity index (χ4v) is 3.39. The van der Waals surface area contributed by atoms with Crippen molar-refractivity contribution in [1.82, 2.24) is 10.3 Å². The molecule has 18 heavy (non-hydrogen) atoms. The maximum Gasteiger partial charge on any atom is 0.146 e. The van der Waals surface area contributed by atoms with E-state index in [0.717, 1.165) is 37.9 Å². The quantitative estimate of drug-likeness (QED) is 0.866. The summed E-state index contributed by atoms with van der Waals surface area (Å²) in [4.78, 5) is 17.2. The number of fused-ring (bicyclic) bond motifs is 1. The first kappa shape index (κ1) is 11.8. The predicted molar refractivity (Wildman–Crippen MR) is 70.5 cm³/mol. The van der Waals surface area contributed by atoms with E-state index in [1.54, 1.807) is 0 Å². The fraction of sp³-hybridized carbons (Fsp3) is 0.600. The van der Waals surface area contributed by atoms with Gasteiger partial charge >= 0.3 is 0 Å². The number of carbonyl (C=O) groups is 1. The highest BCUT2D eigenvalue weighted by Crippen LogP contribution is 2.34. The third-order valence-corrected chi connectivity index (χ3v) is 4.43. The molecule has 3 rings (SSSR count). The second-order valence-corrected chi connectivity index (χ2v) is 5.53. The van der Waals surface area contributed by atoms with Crippen LogP contribution in [0.25, 0.3) is 0 Å². The second-order valence-electron chi connectivity index (χ2n) is 5.53. The minimum atomic E-state index is 0.0438. The molecular formula is C15H20N2O. The molecule has 1 N–H and O–H groups in total. The Kier molecular flexibility index (Phi) is 3.16. The van der Waals surface area contributed by atoms with Crippen molar-refractivity contribution in [2.45, 2.75) is 44.6 Å². The molecule has 1 fully saturated rings. The summed E-state index contributed by atoms with van der Waals surface area (Å²) < 4.78 is 0. The summed E-state index contributed by atoms with van der Waals surface area (Å²) in [5.41, 5.74) is 2.33. The monoisotopic (exact) mass is 244 g/mol. The standard InChI is InChI=1S/C15H20N2O/c1-10-12(7-9-16-10)15(18)13-6-2-4-11-5-3-8-17-14(11)13/h3,5,8,10,12-13,16H,2,4,6-7,9H2,1H3. The molecule has 0 amide bonds. The molecule has 96 valence electrons. The van der Waals surface area contributed by atoms with Crippen LogP contribution in [0.1, 0.15) is 43.4 Å². The molecule has 3 heteroatoms. The van der Waals surface area contributed by atoms with Crippen LogP contribution in [0.5, 0.6) is 0 Å². The van der Waals surface area contributed by atoms with Gasteiger partial charge < -0.3 is 5.32 Å². The van der Waals surface area contributed by atoms with E-state index in [-0.39, 0.29) is 11.8 Å². The van der Waals surface area contributed by atoms with Crippen molar-refractivity contribution in [2.75, 3.05) is 6.54 Å². The first-order valence-electron chi connectivity index (χ1n) is 6.98. The van der Waals surface area contributed by atoms with E-state index in [4.69, 9.17) is 0 Å². The Balaban J connectivity index is 1.87. The largest absolute Gasteiger partial charge is 0.314 e. The van der Waals surface area contributed by atoms with E-state index in [2.05, 4.69) is 23.3 Å². The Morgan fingerprint density at radius 3 is 3.11 bits per heavy atom. The number of hydrogen-bond donors (Lipinski definition) is 1. The summed E-state index contributed by atoms with van der Waals surface area (Å²) in [6, 6.07) is 4.43. The van der Waals surface area contributed by atoms with Gasteiger partial charge in [0.25, 0.3) is 0 Å². The summed E-state index contributed by atoms with van der Waals surface area (Å²) >= 11 is 0. The lowest BCUT2D eigenvalue weighted by atomic mass is 9.78. The van der Waals surface area contributed by atoms with Crippen molar-refractivity contribution in [3.05, 3.63) is 29.6 Å². The molecule has 1 aromatic rings. The number of nitrogens with one attached hydrogen (secondary N) is 1. The molecule has 1 aliphatic heterocycles. The molecule has 1 aliphatic carbocycles. The van der Waals surface area contributed by atoms with Crippen LogP contribution in [0.15, 0.2) is 18.3 Å². The SMILES string of the molecule is CC1NCCC1C(=O)C1CCCc2cccnc21. The van der Waals surface area contributed by atoms with Crippen LogP contribution in [0.3, 0.4) is 0 Å². The summed E-state index contributed by atoms with van der Waals surface area (Å²) in [7, 11) is 0. The molecule has 1 saturated heterocycles. The van der Waals surface area contributed by atoms with Crippen LogP contribution in [0.2, 0.25) is 0 Å². The number of ketones is 1. The Morgan fingerprint density at radius 2 is 2.33 bits per heavy atom. The number of nitrogens with zero attached hydrogens (tertiary/aromatic N) is 1. The number of hydrogen-bond acceptors (Lipinski definition) is 3. The minimum absolute atomic E-state index is 0.0438. The van der Waals surface area contributed by atoms with Crippen LogP contribution in [0, 0.1) is 5.92 Å². The van der Waals surface area contributed by atoms with E-state index in [1.807, 2.05) is 12.3 Å². The average Bonchev–Trinajstić information content (AvgIpc) is 2.83. The van der Waals surface area contributed by atoms with Gasteiger partial charge in [0.2, 0.25) is 0 Å². The maximum absolute atomic E-state index is 12.7. The van der Waals surface area contributed by atoms with Gasteiger partial charge in [-0.3, -0.25) is 9.78 Å². The summed E-state index contributed by atoms with van der Waals surface area (Å²) in [5, 5.41) is 3.37. The number of rotatable bonds is 2. The number of pyridine rings is 1. The fourth-order valence-electron chi connectivity index (χ4n) is 3.39. The van der Waals surface area contributed by atoms with E-state index in [9.17, 15) is 4.79 Å². The normalized spacial score (nSPS) is 31.1. The molecule has 2 heterocycles. The van der Waals surface area contributed by atoms with Crippen LogP contribution in [-0.2, 0) is 11.2 Å². The molecular weight excluding hydrogens is 224 g/mol. The van der Waals surface area contributed by atoms with Crippen molar-refractivity contribution in [3.8, 4) is 0 Å². The van der Waals surface area contributed by atoms with Crippen molar-refractivity contribution in [2.24, 2.45) is 5.92 Å². The molecule has 1 aromatic heterocycles. The van der Waals surface area contributed by atoms with Gasteiger partial charge in [-0.2, -0.15) is 0 Å². The summed E-state index contributed by atoms with van der Waals surface area (Å²) in [6.45, 7) is 3.09. The van der Waals surface area contributed by atoms with E-state index in [1.165, 1.54) is 5.56 Å². The lowest BCUT2D eigenvalue weighted by Gasteiger charge is -2.26. The zero-order chi connectivity index (χ0) is 12.5. The molecule has 0 aromatic carbocycles. The van der Waals surface area contributed by atoms with Crippen molar-refractivity contribution < 1.29 is 4.79 Å². The topological polar surface area (TPSA) is 42.0 Å². The molecule has 0 spiro atoms. The minimum Gasteiger partial charge on any atom is -0.314 e. The van der Waals surface area contributed by atoms with Gasteiger partial charge in [0.15, 0.2) is 0 Å². The van der Waals surface area contributed by atoms with E-state index < -0.39 is 0 Å². The molecule has 2 aliphatic rings. The number of aromatic nitrogens is 1. The maximum atomic E-state index is 12.7. The molecule has 3 nitrogen and oxygen atoms in total. The first-order chi connectivity index (χ1) is 8.77. The van der Waals surface area contributed by atoms with Gasteiger partial charge in [-0.05, 0) is 50.8 Å². The van der Waals surface area contributed by atoms with Crippen LogP contribution in [0.4, 0.5) is 0 Å². The lowest BCUT2D eigenvalue weighted by molar-refractivity contribution is -0.124.